The summed E-state index contributed by atoms with van der Waals surface area (Å²) >= 11 is 12.0. The first-order chi connectivity index (χ1) is 6.66. The maximum atomic E-state index is 6.08. The first-order valence-corrected chi connectivity index (χ1v) is 5.42. The van der Waals surface area contributed by atoms with Crippen molar-refractivity contribution in [1.82, 2.24) is 0 Å². The number of halogens is 2. The molecule has 4 heteroatoms. The summed E-state index contributed by atoms with van der Waals surface area (Å²) < 4.78 is 0. The molecule has 0 bridgehead atoms. The van der Waals surface area contributed by atoms with Gasteiger partial charge in [-0.25, -0.2) is 0 Å². The summed E-state index contributed by atoms with van der Waals surface area (Å²) in [6.45, 7) is 3.08. The Morgan fingerprint density at radius 3 is 2.93 bits per heavy atom. The Hall–Kier alpha value is -0.600. The molecule has 76 valence electrons. The molecule has 2 rings (SSSR count). The van der Waals surface area contributed by atoms with Crippen molar-refractivity contribution in [1.29, 1.82) is 0 Å². The zero-order valence-electron chi connectivity index (χ0n) is 7.90. The minimum absolute atomic E-state index is 0.443. The van der Waals surface area contributed by atoms with E-state index in [-0.39, 0.29) is 0 Å². The van der Waals surface area contributed by atoms with E-state index in [1.165, 1.54) is 0 Å². The van der Waals surface area contributed by atoms with Crippen LogP contribution in [0.15, 0.2) is 12.1 Å². The molecule has 1 aromatic carbocycles. The van der Waals surface area contributed by atoms with Crippen LogP contribution in [0.25, 0.3) is 0 Å². The SMILES string of the molecule is CC1CCNc2c(Cl)cc(Cl)cc2N1. The number of hydrogen-bond acceptors (Lipinski definition) is 2. The lowest BCUT2D eigenvalue weighted by molar-refractivity contribution is 0.745. The monoisotopic (exact) mass is 230 g/mol. The zero-order valence-corrected chi connectivity index (χ0v) is 9.41. The van der Waals surface area contributed by atoms with Gasteiger partial charge in [0, 0.05) is 17.6 Å². The average Bonchev–Trinajstić information content (AvgIpc) is 2.25. The number of nitrogens with one attached hydrogen (secondary N) is 2. The van der Waals surface area contributed by atoms with Gasteiger partial charge in [-0.1, -0.05) is 23.2 Å². The van der Waals surface area contributed by atoms with Gasteiger partial charge >= 0.3 is 0 Å². The fraction of sp³-hybridized carbons (Fsp3) is 0.400. The van der Waals surface area contributed by atoms with Crippen molar-refractivity contribution in [2.24, 2.45) is 0 Å². The molecule has 0 saturated heterocycles. The van der Waals surface area contributed by atoms with E-state index >= 15 is 0 Å². The second-order valence-electron chi connectivity index (χ2n) is 3.57. The van der Waals surface area contributed by atoms with Crippen molar-refractivity contribution in [3.8, 4) is 0 Å². The molecule has 1 aromatic rings. The van der Waals surface area contributed by atoms with Crippen LogP contribution in [0.4, 0.5) is 11.4 Å². The Bertz CT molecular complexity index is 352. The standard InChI is InChI=1S/C10H12Cl2N2/c1-6-2-3-13-10-8(12)4-7(11)5-9(10)14-6/h4-6,13-14H,2-3H2,1H3. The van der Waals surface area contributed by atoms with E-state index in [1.54, 1.807) is 6.07 Å². The van der Waals surface area contributed by atoms with Crippen LogP contribution in [0.5, 0.6) is 0 Å². The molecule has 0 saturated carbocycles. The topological polar surface area (TPSA) is 24.1 Å². The molecule has 1 atom stereocenters. The first-order valence-electron chi connectivity index (χ1n) is 4.66. The summed E-state index contributed by atoms with van der Waals surface area (Å²) in [5.74, 6) is 0. The maximum Gasteiger partial charge on any atom is 0.0766 e. The third kappa shape index (κ3) is 1.91. The predicted molar refractivity (Wildman–Crippen MR) is 62.7 cm³/mol. The molecule has 1 aliphatic rings. The zero-order chi connectivity index (χ0) is 10.1. The Morgan fingerprint density at radius 2 is 2.14 bits per heavy atom. The van der Waals surface area contributed by atoms with Crippen molar-refractivity contribution in [3.63, 3.8) is 0 Å². The van der Waals surface area contributed by atoms with Crippen LogP contribution < -0.4 is 10.6 Å². The smallest absolute Gasteiger partial charge is 0.0766 e. The molecule has 1 unspecified atom stereocenters. The lowest BCUT2D eigenvalue weighted by Gasteiger charge is -2.13. The summed E-state index contributed by atoms with van der Waals surface area (Å²) in [5, 5.41) is 8.01. The van der Waals surface area contributed by atoms with Gasteiger partial charge in [-0.15, -0.1) is 0 Å². The molecule has 0 fully saturated rings. The molecular weight excluding hydrogens is 219 g/mol. The van der Waals surface area contributed by atoms with Crippen LogP contribution in [0.2, 0.25) is 10.0 Å². The van der Waals surface area contributed by atoms with E-state index in [1.807, 2.05) is 6.07 Å². The minimum atomic E-state index is 0.443. The molecule has 1 aliphatic heterocycles. The highest BCUT2D eigenvalue weighted by Crippen LogP contribution is 2.35. The van der Waals surface area contributed by atoms with Gasteiger partial charge in [0.1, 0.15) is 0 Å². The molecule has 0 aliphatic carbocycles. The van der Waals surface area contributed by atoms with Crippen LogP contribution in [-0.2, 0) is 0 Å². The number of rotatable bonds is 0. The summed E-state index contributed by atoms with van der Waals surface area (Å²) in [4.78, 5) is 0. The van der Waals surface area contributed by atoms with Gasteiger partial charge in [-0.2, -0.15) is 0 Å². The van der Waals surface area contributed by atoms with Gasteiger partial charge in [-0.3, -0.25) is 0 Å². The van der Waals surface area contributed by atoms with Crippen molar-refractivity contribution in [2.45, 2.75) is 19.4 Å². The van der Waals surface area contributed by atoms with Gasteiger partial charge in [0.2, 0.25) is 0 Å². The third-order valence-electron chi connectivity index (χ3n) is 2.34. The number of hydrogen-bond donors (Lipinski definition) is 2. The lowest BCUT2D eigenvalue weighted by atomic mass is 10.2. The molecule has 0 amide bonds. The third-order valence-corrected chi connectivity index (χ3v) is 2.85. The van der Waals surface area contributed by atoms with Gasteiger partial charge in [0.05, 0.1) is 16.4 Å². The van der Waals surface area contributed by atoms with Gasteiger partial charge < -0.3 is 10.6 Å². The second kappa shape index (κ2) is 3.87. The quantitative estimate of drug-likeness (QED) is 0.712. The summed E-state index contributed by atoms with van der Waals surface area (Å²) in [6.07, 6.45) is 1.07. The van der Waals surface area contributed by atoms with Crippen LogP contribution in [0.1, 0.15) is 13.3 Å². The highest BCUT2D eigenvalue weighted by molar-refractivity contribution is 6.37. The summed E-state index contributed by atoms with van der Waals surface area (Å²) in [7, 11) is 0. The van der Waals surface area contributed by atoms with Gasteiger partial charge in [0.15, 0.2) is 0 Å². The largest absolute Gasteiger partial charge is 0.382 e. The molecule has 2 nitrogen and oxygen atoms in total. The van der Waals surface area contributed by atoms with Crippen LogP contribution in [-0.4, -0.2) is 12.6 Å². The van der Waals surface area contributed by atoms with E-state index in [0.29, 0.717) is 16.1 Å². The molecule has 0 aromatic heterocycles. The molecule has 0 radical (unpaired) electrons. The molecule has 14 heavy (non-hydrogen) atoms. The number of fused-ring (bicyclic) bond motifs is 1. The molecule has 1 heterocycles. The fourth-order valence-corrected chi connectivity index (χ4v) is 2.18. The Balaban J connectivity index is 2.45. The molecule has 0 spiro atoms. The van der Waals surface area contributed by atoms with Gasteiger partial charge in [-0.05, 0) is 25.5 Å². The highest BCUT2D eigenvalue weighted by atomic mass is 35.5. The Labute approximate surface area is 93.6 Å². The molecule has 2 N–H and O–H groups in total. The fourth-order valence-electron chi connectivity index (χ4n) is 1.62. The van der Waals surface area contributed by atoms with E-state index in [4.69, 9.17) is 23.2 Å². The van der Waals surface area contributed by atoms with Crippen molar-refractivity contribution in [3.05, 3.63) is 22.2 Å². The minimum Gasteiger partial charge on any atom is -0.382 e. The Morgan fingerprint density at radius 1 is 1.36 bits per heavy atom. The van der Waals surface area contributed by atoms with Crippen LogP contribution in [0.3, 0.4) is 0 Å². The van der Waals surface area contributed by atoms with Crippen molar-refractivity contribution < 1.29 is 0 Å². The van der Waals surface area contributed by atoms with E-state index in [2.05, 4.69) is 17.6 Å². The lowest BCUT2D eigenvalue weighted by Crippen LogP contribution is -2.14. The van der Waals surface area contributed by atoms with Crippen molar-refractivity contribution >= 4 is 34.6 Å². The second-order valence-corrected chi connectivity index (χ2v) is 4.41. The normalized spacial score (nSPS) is 20.4. The van der Waals surface area contributed by atoms with E-state index in [9.17, 15) is 0 Å². The predicted octanol–water partition coefficient (Wildman–Crippen LogP) is 3.61. The van der Waals surface area contributed by atoms with Crippen LogP contribution in [0, 0.1) is 0 Å². The highest BCUT2D eigenvalue weighted by Gasteiger charge is 2.14. The maximum absolute atomic E-state index is 6.08. The van der Waals surface area contributed by atoms with Crippen LogP contribution >= 0.6 is 23.2 Å². The Kier molecular flexibility index (Phi) is 2.75. The number of anilines is 2. The molecular formula is C10H12Cl2N2. The first kappa shape index (κ1) is 9.94. The van der Waals surface area contributed by atoms with E-state index in [0.717, 1.165) is 24.3 Å². The van der Waals surface area contributed by atoms with Gasteiger partial charge in [0.25, 0.3) is 0 Å². The van der Waals surface area contributed by atoms with E-state index < -0.39 is 0 Å². The summed E-state index contributed by atoms with van der Waals surface area (Å²) in [5.41, 5.74) is 1.95. The average molecular weight is 231 g/mol. The summed E-state index contributed by atoms with van der Waals surface area (Å²) in [6, 6.07) is 4.10. The van der Waals surface area contributed by atoms with Crippen molar-refractivity contribution in [2.75, 3.05) is 17.2 Å². The number of benzene rings is 1.